The molecule has 2 nitrogen and oxygen atoms in total. The topological polar surface area (TPSA) is 16.4 Å². The summed E-state index contributed by atoms with van der Waals surface area (Å²) in [5, 5.41) is 7.85. The van der Waals surface area contributed by atoms with Crippen molar-refractivity contribution >= 4 is 67.8 Å². The molecule has 0 unspecified atom stereocenters. The van der Waals surface area contributed by atoms with Crippen LogP contribution < -0.4 is 25.6 Å². The minimum atomic E-state index is -2.82. The molecule has 10 aromatic carbocycles. The molecular formula is C62H43NOSi. The molecule has 0 bridgehead atoms. The summed E-state index contributed by atoms with van der Waals surface area (Å²) in [4.78, 5) is 2.48. The average molecular weight is 846 g/mol. The summed E-state index contributed by atoms with van der Waals surface area (Å²) < 4.78 is 6.64. The van der Waals surface area contributed by atoms with Crippen LogP contribution in [0.25, 0.3) is 44.2 Å². The number of rotatable bonds is 7. The van der Waals surface area contributed by atoms with Gasteiger partial charge in [-0.25, -0.2) is 0 Å². The van der Waals surface area contributed by atoms with E-state index in [1.165, 1.54) is 70.8 Å². The predicted molar refractivity (Wildman–Crippen MR) is 273 cm³/mol. The number of furan rings is 1. The summed E-state index contributed by atoms with van der Waals surface area (Å²) in [6, 6.07) is 90.4. The molecule has 65 heavy (non-hydrogen) atoms. The first kappa shape index (κ1) is 37.6. The van der Waals surface area contributed by atoms with E-state index in [1.807, 2.05) is 6.07 Å². The minimum absolute atomic E-state index is 0.544. The van der Waals surface area contributed by atoms with Crippen molar-refractivity contribution in [1.82, 2.24) is 0 Å². The molecular weight excluding hydrogens is 803 g/mol. The zero-order valence-corrected chi connectivity index (χ0v) is 36.9. The van der Waals surface area contributed by atoms with Gasteiger partial charge in [0.25, 0.3) is 0 Å². The molecule has 1 aliphatic carbocycles. The van der Waals surface area contributed by atoms with E-state index in [2.05, 4.69) is 248 Å². The van der Waals surface area contributed by atoms with Gasteiger partial charge in [-0.05, 0) is 120 Å². The molecule has 0 saturated heterocycles. The Labute approximate surface area is 380 Å². The summed E-state index contributed by atoms with van der Waals surface area (Å²) in [6.45, 7) is 2.27. The molecule has 0 saturated carbocycles. The first-order valence-electron chi connectivity index (χ1n) is 22.6. The van der Waals surface area contributed by atoms with Gasteiger partial charge in [0.2, 0.25) is 0 Å². The Morgan fingerprint density at radius 3 is 1.62 bits per heavy atom. The molecule has 0 fully saturated rings. The van der Waals surface area contributed by atoms with E-state index in [4.69, 9.17) is 4.42 Å². The van der Waals surface area contributed by atoms with Crippen LogP contribution in [0.5, 0.6) is 0 Å². The van der Waals surface area contributed by atoms with Crippen molar-refractivity contribution in [3.8, 4) is 22.3 Å². The van der Waals surface area contributed by atoms with Crippen LogP contribution in [-0.2, 0) is 5.41 Å². The Morgan fingerprint density at radius 2 is 0.908 bits per heavy atom. The van der Waals surface area contributed by atoms with Gasteiger partial charge in [0.15, 0.2) is 8.07 Å². The maximum absolute atomic E-state index is 6.64. The molecule has 0 amide bonds. The third kappa shape index (κ3) is 5.40. The van der Waals surface area contributed by atoms with Crippen molar-refractivity contribution < 1.29 is 4.42 Å². The van der Waals surface area contributed by atoms with Gasteiger partial charge in [-0.1, -0.05) is 194 Å². The Bertz CT molecular complexity index is 3540. The summed E-state index contributed by atoms with van der Waals surface area (Å²) >= 11 is 0. The fourth-order valence-corrected chi connectivity index (χ4v) is 17.0. The molecule has 1 aliphatic heterocycles. The Kier molecular flexibility index (Phi) is 8.40. The fraction of sp³-hybridized carbons (Fsp3) is 0.0323. The van der Waals surface area contributed by atoms with Crippen LogP contribution in [0.4, 0.5) is 17.1 Å². The lowest BCUT2D eigenvalue weighted by Crippen LogP contribution is -2.72. The van der Waals surface area contributed by atoms with E-state index in [1.54, 1.807) is 0 Å². The van der Waals surface area contributed by atoms with Gasteiger partial charge in [-0.3, -0.25) is 0 Å². The minimum Gasteiger partial charge on any atom is -0.456 e. The van der Waals surface area contributed by atoms with Crippen molar-refractivity contribution in [1.29, 1.82) is 0 Å². The van der Waals surface area contributed by atoms with Gasteiger partial charge in [-0.15, -0.1) is 0 Å². The molecule has 2 heterocycles. The number of benzene rings is 10. The lowest BCUT2D eigenvalue weighted by atomic mass is 9.67. The van der Waals surface area contributed by atoms with Crippen molar-refractivity contribution in [2.24, 2.45) is 0 Å². The van der Waals surface area contributed by atoms with Crippen molar-refractivity contribution in [2.75, 3.05) is 4.90 Å². The van der Waals surface area contributed by atoms with Crippen molar-refractivity contribution in [3.63, 3.8) is 0 Å². The first-order chi connectivity index (χ1) is 32.1. The molecule has 0 N–H and O–H groups in total. The lowest BCUT2D eigenvalue weighted by molar-refractivity contribution is 0.669. The SMILES string of the molecule is Cc1cc(N(c2ccc3c(c2)C(c2ccccc2)(c2ccccc2)c2ccccc2-3)c2ccc3c(c2)oc2ccccc23)cc([Si]2(c3ccccc3)c3ccccc3-c3ccccc32)c1. The monoisotopic (exact) mass is 845 g/mol. The molecule has 11 aromatic rings. The van der Waals surface area contributed by atoms with E-state index < -0.39 is 13.5 Å². The second kappa shape index (κ2) is 14.5. The summed E-state index contributed by atoms with van der Waals surface area (Å²) in [5.41, 5.74) is 15.9. The van der Waals surface area contributed by atoms with E-state index in [-0.39, 0.29) is 0 Å². The van der Waals surface area contributed by atoms with Crippen molar-refractivity contribution in [3.05, 3.63) is 270 Å². The van der Waals surface area contributed by atoms with E-state index in [0.717, 1.165) is 39.0 Å². The number of aryl methyl sites for hydroxylation is 1. The molecule has 0 radical (unpaired) electrons. The van der Waals surface area contributed by atoms with Crippen molar-refractivity contribution in [2.45, 2.75) is 12.3 Å². The van der Waals surface area contributed by atoms with E-state index >= 15 is 0 Å². The largest absolute Gasteiger partial charge is 0.456 e. The van der Waals surface area contributed by atoms with Crippen LogP contribution in [-0.4, -0.2) is 8.07 Å². The third-order valence-corrected chi connectivity index (χ3v) is 19.1. The number of hydrogen-bond donors (Lipinski definition) is 0. The van der Waals surface area contributed by atoms with Crippen LogP contribution in [0.3, 0.4) is 0 Å². The highest BCUT2D eigenvalue weighted by Crippen LogP contribution is 2.57. The number of anilines is 3. The zero-order chi connectivity index (χ0) is 43.1. The van der Waals surface area contributed by atoms with E-state index in [9.17, 15) is 0 Å². The van der Waals surface area contributed by atoms with Crippen LogP contribution in [0, 0.1) is 6.92 Å². The Balaban J connectivity index is 1.10. The van der Waals surface area contributed by atoms with Gasteiger partial charge in [-0.2, -0.15) is 0 Å². The maximum atomic E-state index is 6.64. The molecule has 0 spiro atoms. The van der Waals surface area contributed by atoms with Gasteiger partial charge < -0.3 is 9.32 Å². The van der Waals surface area contributed by atoms with Gasteiger partial charge >= 0.3 is 0 Å². The standard InChI is InChI=1S/C62H43NOSi/c1-42-37-47(39-49(38-42)65(48-23-9-4-10-24-48)60-31-17-13-27-54(60)55-28-14-18-32-61(55)65)63(46-34-36-53-52-26-12-16-30-58(52)64-59(53)41-46)45-33-35-51-50-25-11-15-29-56(50)62(57(51)40-45,43-19-5-2-6-20-43)44-21-7-3-8-22-44/h2-41H,1H3. The normalized spacial score (nSPS) is 13.9. The van der Waals surface area contributed by atoms with Crippen LogP contribution in [0.1, 0.15) is 27.8 Å². The molecule has 13 rings (SSSR count). The highest BCUT2D eigenvalue weighted by atomic mass is 28.3. The quantitative estimate of drug-likeness (QED) is 0.149. The highest BCUT2D eigenvalue weighted by Gasteiger charge is 2.49. The van der Waals surface area contributed by atoms with Gasteiger partial charge in [0.1, 0.15) is 11.2 Å². The Morgan fingerprint density at radius 1 is 0.369 bits per heavy atom. The molecule has 3 heteroatoms. The highest BCUT2D eigenvalue weighted by molar-refractivity contribution is 7.22. The molecule has 306 valence electrons. The fourth-order valence-electron chi connectivity index (χ4n) is 11.7. The van der Waals surface area contributed by atoms with Gasteiger partial charge in [0.05, 0.1) is 5.41 Å². The zero-order valence-electron chi connectivity index (χ0n) is 35.9. The summed E-state index contributed by atoms with van der Waals surface area (Å²) in [6.07, 6.45) is 0. The second-order valence-electron chi connectivity index (χ2n) is 17.6. The molecule has 1 aromatic heterocycles. The average Bonchev–Trinajstić information content (AvgIpc) is 3.99. The lowest BCUT2D eigenvalue weighted by Gasteiger charge is -2.35. The second-order valence-corrected chi connectivity index (χ2v) is 21.4. The van der Waals surface area contributed by atoms with E-state index in [0.29, 0.717) is 0 Å². The molecule has 0 atom stereocenters. The number of para-hydroxylation sites is 1. The van der Waals surface area contributed by atoms with Crippen LogP contribution in [0.2, 0.25) is 0 Å². The number of fused-ring (bicyclic) bond motifs is 9. The first-order valence-corrected chi connectivity index (χ1v) is 24.6. The van der Waals surface area contributed by atoms with Gasteiger partial charge in [0, 0.05) is 33.9 Å². The van der Waals surface area contributed by atoms with Crippen LogP contribution >= 0.6 is 0 Å². The number of hydrogen-bond acceptors (Lipinski definition) is 2. The summed E-state index contributed by atoms with van der Waals surface area (Å²) in [5.74, 6) is 0. The number of nitrogens with zero attached hydrogens (tertiary/aromatic N) is 1. The summed E-state index contributed by atoms with van der Waals surface area (Å²) in [7, 11) is -2.82. The molecule has 2 aliphatic rings. The third-order valence-electron chi connectivity index (χ3n) is 14.2. The van der Waals surface area contributed by atoms with Crippen LogP contribution in [0.15, 0.2) is 247 Å². The Hall–Kier alpha value is -7.98. The maximum Gasteiger partial charge on any atom is 0.180 e. The smallest absolute Gasteiger partial charge is 0.180 e. The predicted octanol–water partition coefficient (Wildman–Crippen LogP) is 13.1.